The number of hydrogen-bond acceptors (Lipinski definition) is 3. The predicted molar refractivity (Wildman–Crippen MR) is 101 cm³/mol. The highest BCUT2D eigenvalue weighted by atomic mass is 35.5. The third-order valence-corrected chi connectivity index (χ3v) is 4.37. The second-order valence-corrected chi connectivity index (χ2v) is 6.26. The second-order valence-electron chi connectivity index (χ2n) is 5.85. The van der Waals surface area contributed by atoms with E-state index in [0.29, 0.717) is 11.4 Å². The number of benzene rings is 2. The minimum absolute atomic E-state index is 0.0603. The lowest BCUT2D eigenvalue weighted by molar-refractivity contribution is -0.118. The summed E-state index contributed by atoms with van der Waals surface area (Å²) in [6, 6.07) is 12.7. The van der Waals surface area contributed by atoms with Gasteiger partial charge in [0.05, 0.1) is 16.4 Å². The molecule has 0 aliphatic carbocycles. The fourth-order valence-electron chi connectivity index (χ4n) is 2.62. The van der Waals surface area contributed by atoms with Gasteiger partial charge >= 0.3 is 0 Å². The Morgan fingerprint density at radius 1 is 1.22 bits per heavy atom. The van der Waals surface area contributed by atoms with Gasteiger partial charge in [-0.1, -0.05) is 29.8 Å². The molecule has 0 bridgehead atoms. The first-order valence-corrected chi connectivity index (χ1v) is 8.48. The van der Waals surface area contributed by atoms with Gasteiger partial charge < -0.3 is 10.1 Å². The van der Waals surface area contributed by atoms with Crippen molar-refractivity contribution < 1.29 is 13.9 Å². The maximum atomic E-state index is 13.0. The molecule has 0 aliphatic heterocycles. The van der Waals surface area contributed by atoms with E-state index >= 15 is 0 Å². The van der Waals surface area contributed by atoms with E-state index in [4.69, 9.17) is 16.3 Å². The zero-order valence-corrected chi connectivity index (χ0v) is 15.5. The quantitative estimate of drug-likeness (QED) is 0.728. The molecule has 27 heavy (non-hydrogen) atoms. The van der Waals surface area contributed by atoms with Crippen LogP contribution < -0.4 is 15.6 Å². The van der Waals surface area contributed by atoms with Gasteiger partial charge in [-0.15, -0.1) is 0 Å². The number of para-hydroxylation sites is 1. The summed E-state index contributed by atoms with van der Waals surface area (Å²) in [6.07, 6.45) is 0. The number of aromatic nitrogens is 2. The Kier molecular flexibility index (Phi) is 5.32. The number of hydrogen-bond donors (Lipinski definition) is 1. The summed E-state index contributed by atoms with van der Waals surface area (Å²) < 4.78 is 21.5. The van der Waals surface area contributed by atoms with Gasteiger partial charge in [0.15, 0.2) is 6.61 Å². The Balaban J connectivity index is 1.78. The van der Waals surface area contributed by atoms with Crippen LogP contribution in [0, 0.1) is 12.7 Å². The van der Waals surface area contributed by atoms with Gasteiger partial charge in [0.25, 0.3) is 11.5 Å². The molecule has 1 N–H and O–H groups in total. The van der Waals surface area contributed by atoms with Crippen LogP contribution in [0.4, 0.5) is 10.1 Å². The van der Waals surface area contributed by atoms with Crippen LogP contribution in [0.15, 0.2) is 53.3 Å². The van der Waals surface area contributed by atoms with E-state index in [1.807, 2.05) is 18.2 Å². The first-order chi connectivity index (χ1) is 12.9. The highest BCUT2D eigenvalue weighted by Crippen LogP contribution is 2.24. The van der Waals surface area contributed by atoms with Crippen molar-refractivity contribution in [2.45, 2.75) is 6.92 Å². The Labute approximate surface area is 159 Å². The summed E-state index contributed by atoms with van der Waals surface area (Å²) in [5, 5.41) is 2.64. The molecule has 140 valence electrons. The number of rotatable bonds is 5. The summed E-state index contributed by atoms with van der Waals surface area (Å²) >= 11 is 5.86. The van der Waals surface area contributed by atoms with Crippen molar-refractivity contribution >= 4 is 23.2 Å². The molecular weight excluding hydrogens is 373 g/mol. The molecule has 3 rings (SSSR count). The molecule has 0 radical (unpaired) electrons. The van der Waals surface area contributed by atoms with E-state index in [2.05, 4.69) is 5.32 Å². The van der Waals surface area contributed by atoms with Gasteiger partial charge in [0.2, 0.25) is 0 Å². The fraction of sp³-hybridized carbons (Fsp3) is 0.158. The van der Waals surface area contributed by atoms with E-state index in [1.54, 1.807) is 30.8 Å². The van der Waals surface area contributed by atoms with Crippen molar-refractivity contribution in [2.75, 3.05) is 11.9 Å². The van der Waals surface area contributed by atoms with Crippen molar-refractivity contribution in [3.8, 4) is 11.4 Å². The van der Waals surface area contributed by atoms with Gasteiger partial charge in [-0.3, -0.25) is 14.3 Å². The van der Waals surface area contributed by atoms with Crippen molar-refractivity contribution in [2.24, 2.45) is 7.05 Å². The standard InChI is InChI=1S/C19H17ClFN3O3/c1-12-18(19(26)24(23(12)2)14-6-4-3-5-7-14)22-17(25)11-27-16-9-8-13(21)10-15(16)20/h3-10H,11H2,1-2H3,(H,22,25). The third-order valence-electron chi connectivity index (χ3n) is 4.07. The molecule has 3 aromatic rings. The lowest BCUT2D eigenvalue weighted by Gasteiger charge is -2.08. The van der Waals surface area contributed by atoms with Crippen LogP contribution >= 0.6 is 11.6 Å². The predicted octanol–water partition coefficient (Wildman–Crippen LogP) is 3.29. The molecule has 0 saturated heterocycles. The molecule has 0 fully saturated rings. The minimum Gasteiger partial charge on any atom is -0.482 e. The van der Waals surface area contributed by atoms with E-state index < -0.39 is 11.7 Å². The van der Waals surface area contributed by atoms with Crippen LogP contribution in [0.3, 0.4) is 0 Å². The summed E-state index contributed by atoms with van der Waals surface area (Å²) in [4.78, 5) is 25.0. The largest absolute Gasteiger partial charge is 0.482 e. The van der Waals surface area contributed by atoms with E-state index in [-0.39, 0.29) is 28.6 Å². The van der Waals surface area contributed by atoms with Crippen LogP contribution in [0.2, 0.25) is 5.02 Å². The van der Waals surface area contributed by atoms with Crippen LogP contribution in [-0.2, 0) is 11.8 Å². The van der Waals surface area contributed by atoms with Crippen molar-refractivity contribution in [3.63, 3.8) is 0 Å². The Hall–Kier alpha value is -3.06. The first-order valence-electron chi connectivity index (χ1n) is 8.10. The van der Waals surface area contributed by atoms with Gasteiger partial charge in [0.1, 0.15) is 17.3 Å². The van der Waals surface area contributed by atoms with Crippen molar-refractivity contribution in [1.82, 2.24) is 9.36 Å². The maximum absolute atomic E-state index is 13.0. The summed E-state index contributed by atoms with van der Waals surface area (Å²) in [5.41, 5.74) is 1.09. The lowest BCUT2D eigenvalue weighted by atomic mass is 10.3. The number of nitrogens with one attached hydrogen (secondary N) is 1. The number of ether oxygens (including phenoxy) is 1. The summed E-state index contributed by atoms with van der Waals surface area (Å²) in [7, 11) is 1.73. The van der Waals surface area contributed by atoms with Crippen molar-refractivity contribution in [1.29, 1.82) is 0 Å². The first kappa shape index (κ1) is 18.7. The lowest BCUT2D eigenvalue weighted by Crippen LogP contribution is -2.25. The smallest absolute Gasteiger partial charge is 0.295 e. The second kappa shape index (κ2) is 7.67. The molecule has 0 saturated carbocycles. The number of carbonyl (C=O) groups excluding carboxylic acids is 1. The summed E-state index contributed by atoms with van der Waals surface area (Å²) in [6.45, 7) is 1.36. The maximum Gasteiger partial charge on any atom is 0.295 e. The van der Waals surface area contributed by atoms with Crippen LogP contribution in [0.25, 0.3) is 5.69 Å². The number of carbonyl (C=O) groups is 1. The number of nitrogens with zero attached hydrogens (tertiary/aromatic N) is 2. The molecule has 1 amide bonds. The molecule has 0 atom stereocenters. The molecule has 2 aromatic carbocycles. The zero-order valence-electron chi connectivity index (χ0n) is 14.7. The van der Waals surface area contributed by atoms with Crippen molar-refractivity contribution in [3.05, 3.63) is 75.4 Å². The van der Waals surface area contributed by atoms with Gasteiger partial charge in [0, 0.05) is 7.05 Å². The minimum atomic E-state index is -0.526. The molecule has 8 heteroatoms. The highest BCUT2D eigenvalue weighted by Gasteiger charge is 2.18. The van der Waals surface area contributed by atoms with Crippen LogP contribution in [0.1, 0.15) is 5.69 Å². The summed E-state index contributed by atoms with van der Waals surface area (Å²) in [5.74, 6) is -0.848. The molecule has 1 aromatic heterocycles. The monoisotopic (exact) mass is 389 g/mol. The van der Waals surface area contributed by atoms with E-state index in [1.165, 1.54) is 16.8 Å². The highest BCUT2D eigenvalue weighted by molar-refractivity contribution is 6.32. The molecule has 1 heterocycles. The normalized spacial score (nSPS) is 10.7. The number of anilines is 1. The van der Waals surface area contributed by atoms with Gasteiger partial charge in [-0.05, 0) is 37.3 Å². The average molecular weight is 390 g/mol. The Morgan fingerprint density at radius 2 is 1.93 bits per heavy atom. The molecule has 6 nitrogen and oxygen atoms in total. The van der Waals surface area contributed by atoms with E-state index in [0.717, 1.165) is 6.07 Å². The SMILES string of the molecule is Cc1c(NC(=O)COc2ccc(F)cc2Cl)c(=O)n(-c2ccccc2)n1C. The van der Waals surface area contributed by atoms with Gasteiger partial charge in [-0.2, -0.15) is 0 Å². The van der Waals surface area contributed by atoms with E-state index in [9.17, 15) is 14.0 Å². The molecular formula is C19H17ClFN3O3. The molecule has 0 spiro atoms. The third kappa shape index (κ3) is 3.88. The van der Waals surface area contributed by atoms with Crippen LogP contribution in [-0.4, -0.2) is 21.9 Å². The molecule has 0 unspecified atom stereocenters. The van der Waals surface area contributed by atoms with Crippen LogP contribution in [0.5, 0.6) is 5.75 Å². The van der Waals surface area contributed by atoms with Gasteiger partial charge in [-0.25, -0.2) is 9.07 Å². The number of amides is 1. The number of halogens is 2. The topological polar surface area (TPSA) is 65.3 Å². The Morgan fingerprint density at radius 3 is 2.59 bits per heavy atom. The average Bonchev–Trinajstić information content (AvgIpc) is 2.85. The molecule has 0 aliphatic rings. The zero-order chi connectivity index (χ0) is 19.6. The fourth-order valence-corrected chi connectivity index (χ4v) is 2.85. The Bertz CT molecular complexity index is 1040.